The molecular weight excluding hydrogens is 474 g/mol. The van der Waals surface area contributed by atoms with Crippen LogP contribution in [0.25, 0.3) is 16.6 Å². The van der Waals surface area contributed by atoms with Crippen LogP contribution in [0, 0.1) is 11.6 Å². The molecule has 1 aliphatic heterocycles. The van der Waals surface area contributed by atoms with E-state index in [1.807, 2.05) is 4.90 Å². The van der Waals surface area contributed by atoms with Crippen LogP contribution in [0.3, 0.4) is 0 Å². The summed E-state index contributed by atoms with van der Waals surface area (Å²) >= 11 is 0. The first-order valence-corrected chi connectivity index (χ1v) is 11.4. The van der Waals surface area contributed by atoms with Gasteiger partial charge in [0.15, 0.2) is 0 Å². The number of carbonyl (C=O) groups excluding carboxylic acids is 2. The summed E-state index contributed by atoms with van der Waals surface area (Å²) in [4.78, 5) is 39.1. The lowest BCUT2D eigenvalue weighted by Gasteiger charge is -2.30. The number of anilines is 2. The molecule has 0 atom stereocenters. The van der Waals surface area contributed by atoms with Crippen LogP contribution in [0.15, 0.2) is 35.3 Å². The Morgan fingerprint density at radius 2 is 1.78 bits per heavy atom. The Balaban J connectivity index is 2.04. The predicted octanol–water partition coefficient (Wildman–Crippen LogP) is 2.50. The van der Waals surface area contributed by atoms with Crippen LogP contribution in [-0.2, 0) is 20.9 Å². The number of nitrogens with zero attached hydrogens (tertiary/aromatic N) is 2. The number of carbonyl (C=O) groups is 2. The van der Waals surface area contributed by atoms with E-state index in [0.717, 1.165) is 12.1 Å². The maximum atomic E-state index is 15.3. The van der Waals surface area contributed by atoms with E-state index in [9.17, 15) is 18.8 Å². The van der Waals surface area contributed by atoms with Crippen LogP contribution in [0.4, 0.5) is 20.2 Å². The van der Waals surface area contributed by atoms with Crippen molar-refractivity contribution in [2.24, 2.45) is 0 Å². The SMILES string of the molecule is CCOC(=O)c1cn(-c2cc(N)c(F)cc2COC(C)=O)c2cc(N3CCNCC3)c(F)cc2c1=O. The Bertz CT molecular complexity index is 1400. The van der Waals surface area contributed by atoms with Crippen molar-refractivity contribution in [3.8, 4) is 5.69 Å². The number of hydrogen-bond donors (Lipinski definition) is 2. The van der Waals surface area contributed by atoms with Crippen molar-refractivity contribution in [3.05, 3.63) is 63.4 Å². The van der Waals surface area contributed by atoms with E-state index < -0.39 is 29.0 Å². The normalized spacial score (nSPS) is 13.6. The van der Waals surface area contributed by atoms with Crippen molar-refractivity contribution < 1.29 is 27.8 Å². The largest absolute Gasteiger partial charge is 0.462 e. The number of hydrogen-bond acceptors (Lipinski definition) is 8. The Hall–Kier alpha value is -3.99. The van der Waals surface area contributed by atoms with Crippen LogP contribution < -0.4 is 21.4 Å². The van der Waals surface area contributed by atoms with Gasteiger partial charge in [-0.15, -0.1) is 0 Å². The standard InChI is InChI=1S/C25H26F2N4O5/c1-3-35-25(34)17-12-31(21-10-20(28)18(26)8-15(21)13-36-14(2)32)22-11-23(30-6-4-29-5-7-30)19(27)9-16(22)24(17)33/h8-12,29H,3-7,13,28H2,1-2H3. The molecule has 4 rings (SSSR count). The summed E-state index contributed by atoms with van der Waals surface area (Å²) in [6.45, 7) is 4.95. The number of halogens is 2. The minimum atomic E-state index is -0.888. The van der Waals surface area contributed by atoms with Gasteiger partial charge in [-0.1, -0.05) is 0 Å². The van der Waals surface area contributed by atoms with Crippen LogP contribution in [0.5, 0.6) is 0 Å². The molecule has 9 nitrogen and oxygen atoms in total. The average Bonchev–Trinajstić information content (AvgIpc) is 2.85. The molecule has 190 valence electrons. The third-order valence-corrected chi connectivity index (χ3v) is 5.91. The zero-order valence-electron chi connectivity index (χ0n) is 19.9. The number of benzene rings is 2. The molecule has 0 amide bonds. The minimum absolute atomic E-state index is 0.0216. The van der Waals surface area contributed by atoms with Gasteiger partial charge in [0.1, 0.15) is 23.8 Å². The Labute approximate surface area is 205 Å². The molecule has 3 aromatic rings. The fourth-order valence-electron chi connectivity index (χ4n) is 4.17. The second-order valence-corrected chi connectivity index (χ2v) is 8.30. The first-order chi connectivity index (χ1) is 17.2. The van der Waals surface area contributed by atoms with E-state index in [0.29, 0.717) is 26.2 Å². The maximum absolute atomic E-state index is 15.3. The lowest BCUT2D eigenvalue weighted by atomic mass is 10.1. The van der Waals surface area contributed by atoms with Gasteiger partial charge in [0, 0.05) is 50.2 Å². The molecule has 1 aliphatic rings. The molecule has 0 radical (unpaired) electrons. The van der Waals surface area contributed by atoms with Crippen molar-refractivity contribution in [2.75, 3.05) is 43.4 Å². The van der Waals surface area contributed by atoms with Gasteiger partial charge < -0.3 is 30.0 Å². The van der Waals surface area contributed by atoms with Crippen molar-refractivity contribution in [2.45, 2.75) is 20.5 Å². The van der Waals surface area contributed by atoms with E-state index in [1.165, 1.54) is 29.8 Å². The first kappa shape index (κ1) is 25.1. The number of rotatable bonds is 6. The van der Waals surface area contributed by atoms with Crippen LogP contribution in [-0.4, -0.2) is 49.3 Å². The second kappa shape index (κ2) is 10.3. The number of nitrogens with two attached hydrogens (primary N) is 1. The zero-order chi connectivity index (χ0) is 26.0. The number of piperazine rings is 1. The van der Waals surface area contributed by atoms with E-state index >= 15 is 4.39 Å². The van der Waals surface area contributed by atoms with Gasteiger partial charge in [-0.2, -0.15) is 0 Å². The molecule has 2 aromatic carbocycles. The smallest absolute Gasteiger partial charge is 0.343 e. The highest BCUT2D eigenvalue weighted by molar-refractivity contribution is 5.95. The van der Waals surface area contributed by atoms with Gasteiger partial charge >= 0.3 is 11.9 Å². The summed E-state index contributed by atoms with van der Waals surface area (Å²) in [6.07, 6.45) is 1.26. The molecule has 0 bridgehead atoms. The van der Waals surface area contributed by atoms with Gasteiger partial charge in [0.2, 0.25) is 5.43 Å². The summed E-state index contributed by atoms with van der Waals surface area (Å²) in [6, 6.07) is 5.03. The fraction of sp³-hybridized carbons (Fsp3) is 0.320. The van der Waals surface area contributed by atoms with Crippen LogP contribution >= 0.6 is 0 Å². The van der Waals surface area contributed by atoms with Crippen molar-refractivity contribution >= 4 is 34.2 Å². The number of aromatic nitrogens is 1. The summed E-state index contributed by atoms with van der Waals surface area (Å²) in [7, 11) is 0. The molecular formula is C25H26F2N4O5. The molecule has 1 saturated heterocycles. The van der Waals surface area contributed by atoms with E-state index in [1.54, 1.807) is 6.92 Å². The predicted molar refractivity (Wildman–Crippen MR) is 130 cm³/mol. The molecule has 11 heteroatoms. The van der Waals surface area contributed by atoms with Gasteiger partial charge in [0.05, 0.1) is 29.2 Å². The third-order valence-electron chi connectivity index (χ3n) is 5.91. The number of esters is 2. The molecule has 3 N–H and O–H groups in total. The number of pyridine rings is 1. The Kier molecular flexibility index (Phi) is 7.20. The van der Waals surface area contributed by atoms with Gasteiger partial charge in [-0.25, -0.2) is 13.6 Å². The average molecular weight is 501 g/mol. The number of nitrogen functional groups attached to an aromatic ring is 1. The second-order valence-electron chi connectivity index (χ2n) is 8.30. The van der Waals surface area contributed by atoms with E-state index in [4.69, 9.17) is 15.2 Å². The van der Waals surface area contributed by atoms with Gasteiger partial charge in [-0.3, -0.25) is 9.59 Å². The number of ether oxygens (including phenoxy) is 2. The molecule has 0 spiro atoms. The highest BCUT2D eigenvalue weighted by atomic mass is 19.1. The summed E-state index contributed by atoms with van der Waals surface area (Å²) in [5.41, 5.74) is 5.62. The topological polar surface area (TPSA) is 116 Å². The highest BCUT2D eigenvalue weighted by Gasteiger charge is 2.23. The molecule has 2 heterocycles. The van der Waals surface area contributed by atoms with Crippen LogP contribution in [0.2, 0.25) is 0 Å². The lowest BCUT2D eigenvalue weighted by molar-refractivity contribution is -0.142. The molecule has 1 fully saturated rings. The van der Waals surface area contributed by atoms with Gasteiger partial charge in [-0.05, 0) is 31.2 Å². The minimum Gasteiger partial charge on any atom is -0.462 e. The number of nitrogens with one attached hydrogen (secondary N) is 1. The van der Waals surface area contributed by atoms with Crippen molar-refractivity contribution in [3.63, 3.8) is 0 Å². The molecule has 1 aromatic heterocycles. The van der Waals surface area contributed by atoms with E-state index in [-0.39, 0.29) is 52.3 Å². The first-order valence-electron chi connectivity index (χ1n) is 11.4. The van der Waals surface area contributed by atoms with Gasteiger partial charge in [0.25, 0.3) is 0 Å². The summed E-state index contributed by atoms with van der Waals surface area (Å²) in [5.74, 6) is -2.82. The van der Waals surface area contributed by atoms with E-state index in [2.05, 4.69) is 5.32 Å². The summed E-state index contributed by atoms with van der Waals surface area (Å²) in [5, 5.41) is 3.13. The third kappa shape index (κ3) is 4.87. The molecule has 0 aliphatic carbocycles. The van der Waals surface area contributed by atoms with Crippen molar-refractivity contribution in [1.29, 1.82) is 0 Å². The highest BCUT2D eigenvalue weighted by Crippen LogP contribution is 2.30. The Morgan fingerprint density at radius 3 is 2.44 bits per heavy atom. The lowest BCUT2D eigenvalue weighted by Crippen LogP contribution is -2.43. The Morgan fingerprint density at radius 1 is 1.06 bits per heavy atom. The monoisotopic (exact) mass is 500 g/mol. The van der Waals surface area contributed by atoms with Crippen molar-refractivity contribution in [1.82, 2.24) is 9.88 Å². The summed E-state index contributed by atoms with van der Waals surface area (Å²) < 4.78 is 41.2. The molecule has 0 unspecified atom stereocenters. The molecule has 0 saturated carbocycles. The number of fused-ring (bicyclic) bond motifs is 1. The zero-order valence-corrected chi connectivity index (χ0v) is 19.9. The quantitative estimate of drug-likeness (QED) is 0.392. The fourth-order valence-corrected chi connectivity index (χ4v) is 4.17. The maximum Gasteiger partial charge on any atom is 0.343 e. The van der Waals surface area contributed by atoms with Crippen LogP contribution in [0.1, 0.15) is 29.8 Å². The molecule has 36 heavy (non-hydrogen) atoms.